The van der Waals surface area contributed by atoms with Crippen molar-refractivity contribution in [3.05, 3.63) is 137 Å². The van der Waals surface area contributed by atoms with Crippen molar-refractivity contribution in [1.29, 1.82) is 0 Å². The van der Waals surface area contributed by atoms with E-state index in [1.807, 2.05) is 114 Å². The number of aliphatic hydroxyl groups is 2. The summed E-state index contributed by atoms with van der Waals surface area (Å²) in [6.45, 7) is 2.27. The van der Waals surface area contributed by atoms with Crippen molar-refractivity contribution in [2.45, 2.75) is 62.8 Å². The Bertz CT molecular complexity index is 1880. The van der Waals surface area contributed by atoms with Crippen molar-refractivity contribution in [2.24, 2.45) is 11.8 Å². The molecule has 0 aromatic heterocycles. The van der Waals surface area contributed by atoms with E-state index in [9.17, 15) is 24.6 Å². The predicted octanol–water partition coefficient (Wildman–Crippen LogP) is 4.31. The Morgan fingerprint density at radius 2 is 1.49 bits per heavy atom. The van der Waals surface area contributed by atoms with Crippen LogP contribution in [-0.4, -0.2) is 95.4 Å². The molecule has 4 aromatic rings. The Kier molecular flexibility index (Phi) is 12.6. The first-order valence-electron chi connectivity index (χ1n) is 19.5. The molecule has 2 fully saturated rings. The molecule has 4 aromatic carbocycles. The molecule has 3 aliphatic rings. The normalized spacial score (nSPS) is 21.9. The van der Waals surface area contributed by atoms with Crippen molar-refractivity contribution >= 4 is 17.7 Å². The first-order chi connectivity index (χ1) is 26.8. The number of amides is 3. The molecule has 6 atom stereocenters. The number of benzene rings is 4. The molecule has 10 heteroatoms. The van der Waals surface area contributed by atoms with E-state index in [0.29, 0.717) is 64.2 Å². The monoisotopic (exact) mass is 745 g/mol. The van der Waals surface area contributed by atoms with Crippen LogP contribution in [0.25, 0.3) is 0 Å². The lowest BCUT2D eigenvalue weighted by Crippen LogP contribution is -2.43. The quantitative estimate of drug-likeness (QED) is 0.166. The van der Waals surface area contributed by atoms with Gasteiger partial charge >= 0.3 is 0 Å². The third kappa shape index (κ3) is 9.80. The highest BCUT2D eigenvalue weighted by Crippen LogP contribution is 2.33. The smallest absolute Gasteiger partial charge is 0.260 e. The second-order valence-corrected chi connectivity index (χ2v) is 15.1. The van der Waals surface area contributed by atoms with Crippen LogP contribution in [0.5, 0.6) is 5.75 Å². The minimum absolute atomic E-state index is 0.00391. The molecule has 10 nitrogen and oxygen atoms in total. The van der Waals surface area contributed by atoms with Gasteiger partial charge < -0.3 is 34.8 Å². The second-order valence-electron chi connectivity index (χ2n) is 15.1. The van der Waals surface area contributed by atoms with E-state index >= 15 is 0 Å². The molecule has 0 radical (unpaired) electrons. The van der Waals surface area contributed by atoms with Crippen LogP contribution in [0.2, 0.25) is 0 Å². The van der Waals surface area contributed by atoms with E-state index in [4.69, 9.17) is 9.47 Å². The van der Waals surface area contributed by atoms with Crippen molar-refractivity contribution in [3.8, 4) is 5.75 Å². The minimum Gasteiger partial charge on any atom is -0.484 e. The summed E-state index contributed by atoms with van der Waals surface area (Å²) < 4.78 is 11.1. The fourth-order valence-electron chi connectivity index (χ4n) is 8.35. The molecule has 0 saturated carbocycles. The number of nitrogens with zero attached hydrogens (tertiary/aromatic N) is 2. The lowest BCUT2D eigenvalue weighted by atomic mass is 9.91. The fraction of sp³-hybridized carbons (Fsp3) is 0.400. The first-order valence-corrected chi connectivity index (χ1v) is 19.5. The van der Waals surface area contributed by atoms with Gasteiger partial charge in [0, 0.05) is 43.9 Å². The molecule has 55 heavy (non-hydrogen) atoms. The van der Waals surface area contributed by atoms with Gasteiger partial charge in [-0.05, 0) is 72.1 Å². The molecule has 288 valence electrons. The average molecular weight is 746 g/mol. The molecule has 2 aliphatic heterocycles. The Balaban J connectivity index is 1.04. The first kappa shape index (κ1) is 38.3. The van der Waals surface area contributed by atoms with Crippen LogP contribution in [0.3, 0.4) is 0 Å². The van der Waals surface area contributed by atoms with Crippen molar-refractivity contribution in [2.75, 3.05) is 39.5 Å². The summed E-state index contributed by atoms with van der Waals surface area (Å²) in [7, 11) is 0. The molecule has 1 aliphatic carbocycles. The molecular weight excluding hydrogens is 695 g/mol. The molecule has 3 amide bonds. The van der Waals surface area contributed by atoms with Gasteiger partial charge in [0.15, 0.2) is 6.61 Å². The fourth-order valence-corrected chi connectivity index (χ4v) is 8.35. The summed E-state index contributed by atoms with van der Waals surface area (Å²) in [5.74, 6) is -0.524. The number of hydrogen-bond donors (Lipinski definition) is 3. The maximum absolute atomic E-state index is 14.1. The summed E-state index contributed by atoms with van der Waals surface area (Å²) in [4.78, 5) is 44.3. The Labute approximate surface area is 323 Å². The van der Waals surface area contributed by atoms with E-state index in [0.717, 1.165) is 27.8 Å². The van der Waals surface area contributed by atoms with E-state index < -0.39 is 24.2 Å². The highest BCUT2D eigenvalue weighted by Gasteiger charge is 2.41. The number of aliphatic hydroxyl groups excluding tert-OH is 2. The van der Waals surface area contributed by atoms with Gasteiger partial charge in [0.05, 0.1) is 31.5 Å². The average Bonchev–Trinajstić information content (AvgIpc) is 3.68. The van der Waals surface area contributed by atoms with E-state index in [1.54, 1.807) is 4.90 Å². The number of likely N-dealkylation sites (tertiary alicyclic amines) is 1. The predicted molar refractivity (Wildman–Crippen MR) is 208 cm³/mol. The number of carbonyl (C=O) groups is 3. The van der Waals surface area contributed by atoms with Gasteiger partial charge in [-0.3, -0.25) is 14.4 Å². The maximum Gasteiger partial charge on any atom is 0.260 e. The topological polar surface area (TPSA) is 129 Å². The largest absolute Gasteiger partial charge is 0.484 e. The molecule has 0 unspecified atom stereocenters. The summed E-state index contributed by atoms with van der Waals surface area (Å²) in [5, 5.41) is 25.7. The van der Waals surface area contributed by atoms with Gasteiger partial charge in [0.25, 0.3) is 5.91 Å². The van der Waals surface area contributed by atoms with Gasteiger partial charge in [0.1, 0.15) is 5.75 Å². The summed E-state index contributed by atoms with van der Waals surface area (Å²) in [6, 6.07) is 34.5. The summed E-state index contributed by atoms with van der Waals surface area (Å²) in [5.41, 5.74) is 5.01. The number of hydrogen-bond acceptors (Lipinski definition) is 7. The number of β-amino-alcohol motifs (C(OH)–C–C–N with tert-alkyl or cyclic N) is 1. The highest BCUT2D eigenvalue weighted by atomic mass is 16.5. The SMILES string of the molecule is O=C(N[C@H]1c2ccccc2C[C@H]1O)[C@H](Cc1ccccc1)C[C@H](O)CN1C(=O)[C@@H](Cc2ccccc2)C[C@@H]1Cc1ccc(OCC(=O)N2CCOCC2)cc1. The minimum atomic E-state index is -0.957. The third-order valence-corrected chi connectivity index (χ3v) is 11.2. The standard InChI is InChI=1S/C45H51N3O7/c49-38(27-35(23-31-9-3-1-4-10-31)44(52)46-43-40-14-8-7-13-34(40)28-41(43)50)29-48-37(26-36(45(48)53)24-32-11-5-2-6-12-32)25-33-15-17-39(18-16-33)55-30-42(51)47-19-21-54-22-20-47/h1-18,35-38,41,43,49-50H,19-30H2,(H,46,52)/t35-,36+,37+,38+,41-,43+/m1/s1. The third-order valence-electron chi connectivity index (χ3n) is 11.2. The molecule has 3 N–H and O–H groups in total. The van der Waals surface area contributed by atoms with Gasteiger partial charge in [-0.15, -0.1) is 0 Å². The Morgan fingerprint density at radius 1 is 0.836 bits per heavy atom. The van der Waals surface area contributed by atoms with Crippen molar-refractivity contribution in [3.63, 3.8) is 0 Å². The number of carbonyl (C=O) groups excluding carboxylic acids is 3. The lowest BCUT2D eigenvalue weighted by Gasteiger charge is -2.29. The van der Waals surface area contributed by atoms with Crippen LogP contribution < -0.4 is 10.1 Å². The van der Waals surface area contributed by atoms with Crippen LogP contribution in [0.1, 0.15) is 46.7 Å². The van der Waals surface area contributed by atoms with Crippen molar-refractivity contribution < 1.29 is 34.1 Å². The summed E-state index contributed by atoms with van der Waals surface area (Å²) >= 11 is 0. The summed E-state index contributed by atoms with van der Waals surface area (Å²) in [6.07, 6.45) is 1.18. The molecular formula is C45H51N3O7. The molecule has 2 heterocycles. The Hall–Kier alpha value is -5.03. The van der Waals surface area contributed by atoms with Crippen molar-refractivity contribution in [1.82, 2.24) is 15.1 Å². The lowest BCUT2D eigenvalue weighted by molar-refractivity contribution is -0.137. The van der Waals surface area contributed by atoms with E-state index in [1.165, 1.54) is 0 Å². The van der Waals surface area contributed by atoms with Crippen LogP contribution >= 0.6 is 0 Å². The Morgan fingerprint density at radius 3 is 2.22 bits per heavy atom. The number of nitrogens with one attached hydrogen (secondary N) is 1. The van der Waals surface area contributed by atoms with Gasteiger partial charge in [0.2, 0.25) is 11.8 Å². The van der Waals surface area contributed by atoms with Crippen LogP contribution in [-0.2, 0) is 44.8 Å². The van der Waals surface area contributed by atoms with Gasteiger partial charge in [-0.2, -0.15) is 0 Å². The van der Waals surface area contributed by atoms with E-state index in [2.05, 4.69) is 5.32 Å². The van der Waals surface area contributed by atoms with Gasteiger partial charge in [-0.25, -0.2) is 0 Å². The second kappa shape index (κ2) is 18.1. The number of rotatable bonds is 15. The molecule has 0 spiro atoms. The van der Waals surface area contributed by atoms with Gasteiger partial charge in [-0.1, -0.05) is 97.1 Å². The molecule has 0 bridgehead atoms. The van der Waals surface area contributed by atoms with Crippen LogP contribution in [0, 0.1) is 11.8 Å². The zero-order valence-corrected chi connectivity index (χ0v) is 31.2. The van der Waals surface area contributed by atoms with Crippen LogP contribution in [0.15, 0.2) is 109 Å². The van der Waals surface area contributed by atoms with Crippen LogP contribution in [0.4, 0.5) is 0 Å². The number of ether oxygens (including phenoxy) is 2. The molecule has 2 saturated heterocycles. The number of morpholine rings is 1. The number of fused-ring (bicyclic) bond motifs is 1. The zero-order chi connectivity index (χ0) is 38.1. The molecule has 7 rings (SSSR count). The zero-order valence-electron chi connectivity index (χ0n) is 31.2. The highest BCUT2D eigenvalue weighted by molar-refractivity contribution is 5.82. The van der Waals surface area contributed by atoms with E-state index in [-0.39, 0.29) is 49.3 Å². The maximum atomic E-state index is 14.1.